The first kappa shape index (κ1) is 13.9. The summed E-state index contributed by atoms with van der Waals surface area (Å²) in [5.41, 5.74) is 0.732. The molecule has 1 N–H and O–H groups in total. The average molecular weight is 224 g/mol. The molecule has 0 unspecified atom stereocenters. The second-order valence-corrected chi connectivity index (χ2v) is 4.29. The number of benzene rings is 1. The summed E-state index contributed by atoms with van der Waals surface area (Å²) < 4.78 is 30.2. The molecule has 0 heterocycles. The Bertz CT molecular complexity index is 403. The van der Waals surface area contributed by atoms with Crippen molar-refractivity contribution in [2.24, 2.45) is 0 Å². The summed E-state index contributed by atoms with van der Waals surface area (Å²) in [6.45, 7) is 0. The van der Waals surface area contributed by atoms with Gasteiger partial charge in [-0.25, -0.2) is 0 Å². The summed E-state index contributed by atoms with van der Waals surface area (Å²) in [6, 6.07) is 6.10. The molecule has 1 aromatic rings. The van der Waals surface area contributed by atoms with Crippen molar-refractivity contribution < 1.29 is 13.0 Å². The molecular formula is C8H11NNaO3S. The van der Waals surface area contributed by atoms with E-state index in [1.54, 1.807) is 31.1 Å². The van der Waals surface area contributed by atoms with E-state index in [1.807, 2.05) is 0 Å². The minimum Gasteiger partial charge on any atom is -0.378 e. The van der Waals surface area contributed by atoms with E-state index in [9.17, 15) is 8.42 Å². The van der Waals surface area contributed by atoms with E-state index in [2.05, 4.69) is 0 Å². The molecule has 0 aromatic heterocycles. The van der Waals surface area contributed by atoms with Gasteiger partial charge in [-0.15, -0.1) is 0 Å². The summed E-state index contributed by atoms with van der Waals surface area (Å²) in [6.07, 6.45) is 0. The largest absolute Gasteiger partial charge is 0.378 e. The van der Waals surface area contributed by atoms with Crippen LogP contribution in [0.1, 0.15) is 0 Å². The fourth-order valence-corrected chi connectivity index (χ4v) is 1.44. The predicted molar refractivity (Wildman–Crippen MR) is 56.3 cm³/mol. The Balaban J connectivity index is 0.00000169. The van der Waals surface area contributed by atoms with Crippen LogP contribution in [0.4, 0.5) is 5.69 Å². The zero-order chi connectivity index (χ0) is 10.1. The first-order valence-corrected chi connectivity index (χ1v) is 5.10. The molecule has 1 radical (unpaired) electrons. The molecule has 6 heteroatoms. The van der Waals surface area contributed by atoms with Crippen molar-refractivity contribution in [3.63, 3.8) is 0 Å². The van der Waals surface area contributed by atoms with Gasteiger partial charge in [0.2, 0.25) is 0 Å². The molecule has 73 valence electrons. The number of hydrogen-bond donors (Lipinski definition) is 1. The summed E-state index contributed by atoms with van der Waals surface area (Å²) in [4.78, 5) is 1.67. The molecule has 0 bridgehead atoms. The van der Waals surface area contributed by atoms with Crippen LogP contribution in [-0.2, 0) is 10.1 Å². The molecule has 0 aliphatic carbocycles. The van der Waals surface area contributed by atoms with Gasteiger partial charge in [0.25, 0.3) is 10.1 Å². The van der Waals surface area contributed by atoms with Gasteiger partial charge in [-0.05, 0) is 18.2 Å². The summed E-state index contributed by atoms with van der Waals surface area (Å²) in [7, 11) is -0.496. The van der Waals surface area contributed by atoms with Crippen molar-refractivity contribution in [1.82, 2.24) is 0 Å². The van der Waals surface area contributed by atoms with E-state index in [0.29, 0.717) is 0 Å². The van der Waals surface area contributed by atoms with Gasteiger partial charge in [0.15, 0.2) is 0 Å². The number of anilines is 1. The fourth-order valence-electron chi connectivity index (χ4n) is 0.922. The monoisotopic (exact) mass is 224 g/mol. The van der Waals surface area contributed by atoms with Crippen LogP contribution in [0.5, 0.6) is 0 Å². The third kappa shape index (κ3) is 3.59. The van der Waals surface area contributed by atoms with Gasteiger partial charge in [0.1, 0.15) is 0 Å². The summed E-state index contributed by atoms with van der Waals surface area (Å²) >= 11 is 0. The van der Waals surface area contributed by atoms with Crippen molar-refractivity contribution in [3.05, 3.63) is 24.3 Å². The van der Waals surface area contributed by atoms with E-state index in [4.69, 9.17) is 4.55 Å². The number of hydrogen-bond acceptors (Lipinski definition) is 3. The average Bonchev–Trinajstić information content (AvgIpc) is 2.03. The van der Waals surface area contributed by atoms with Crippen LogP contribution in [0, 0.1) is 0 Å². The molecule has 1 aromatic carbocycles. The number of nitrogens with zero attached hydrogens (tertiary/aromatic N) is 1. The minimum atomic E-state index is -4.09. The van der Waals surface area contributed by atoms with Crippen LogP contribution < -0.4 is 4.90 Å². The molecule has 0 saturated carbocycles. The smallest absolute Gasteiger partial charge is 0.294 e. The molecule has 14 heavy (non-hydrogen) atoms. The van der Waals surface area contributed by atoms with Crippen LogP contribution in [0.2, 0.25) is 0 Å². The molecule has 0 aliphatic heterocycles. The molecule has 0 fully saturated rings. The normalized spacial score (nSPS) is 10.5. The second-order valence-electron chi connectivity index (χ2n) is 2.87. The van der Waals surface area contributed by atoms with Crippen molar-refractivity contribution in [2.45, 2.75) is 4.90 Å². The molecular weight excluding hydrogens is 213 g/mol. The van der Waals surface area contributed by atoms with E-state index < -0.39 is 10.1 Å². The maximum Gasteiger partial charge on any atom is 0.294 e. The Morgan fingerprint density at radius 1 is 1.29 bits per heavy atom. The van der Waals surface area contributed by atoms with Gasteiger partial charge in [0, 0.05) is 49.3 Å². The Labute approximate surface area is 106 Å². The van der Waals surface area contributed by atoms with Crippen molar-refractivity contribution in [3.8, 4) is 0 Å². The van der Waals surface area contributed by atoms with E-state index in [0.717, 1.165) is 5.69 Å². The summed E-state index contributed by atoms with van der Waals surface area (Å²) in [5.74, 6) is 0. The molecule has 0 spiro atoms. The Morgan fingerprint density at radius 2 is 1.86 bits per heavy atom. The van der Waals surface area contributed by atoms with Gasteiger partial charge < -0.3 is 4.90 Å². The number of rotatable bonds is 2. The van der Waals surface area contributed by atoms with E-state index in [-0.39, 0.29) is 34.5 Å². The molecule has 0 aliphatic rings. The third-order valence-corrected chi connectivity index (χ3v) is 2.48. The predicted octanol–water partition coefficient (Wildman–Crippen LogP) is 0.618. The van der Waals surface area contributed by atoms with E-state index >= 15 is 0 Å². The van der Waals surface area contributed by atoms with Gasteiger partial charge >= 0.3 is 0 Å². The fraction of sp³-hybridized carbons (Fsp3) is 0.250. The summed E-state index contributed by atoms with van der Waals surface area (Å²) in [5, 5.41) is 0. The first-order chi connectivity index (χ1) is 5.91. The molecule has 4 nitrogen and oxygen atoms in total. The Kier molecular flexibility index (Phi) is 5.11. The van der Waals surface area contributed by atoms with Crippen molar-refractivity contribution in [1.29, 1.82) is 0 Å². The third-order valence-electron chi connectivity index (χ3n) is 1.63. The Morgan fingerprint density at radius 3 is 2.29 bits per heavy atom. The van der Waals surface area contributed by atoms with E-state index in [1.165, 1.54) is 12.1 Å². The van der Waals surface area contributed by atoms with Gasteiger partial charge in [-0.2, -0.15) is 8.42 Å². The van der Waals surface area contributed by atoms with Crippen LogP contribution in [0.25, 0.3) is 0 Å². The van der Waals surface area contributed by atoms with Gasteiger partial charge in [-0.1, -0.05) is 6.07 Å². The molecule has 1 rings (SSSR count). The van der Waals surface area contributed by atoms with Gasteiger partial charge in [-0.3, -0.25) is 4.55 Å². The molecule has 0 amide bonds. The molecule has 0 atom stereocenters. The molecule has 0 saturated heterocycles. The van der Waals surface area contributed by atoms with Crippen LogP contribution >= 0.6 is 0 Å². The quantitative estimate of drug-likeness (QED) is 0.591. The first-order valence-electron chi connectivity index (χ1n) is 3.66. The zero-order valence-electron chi connectivity index (χ0n) is 8.43. The van der Waals surface area contributed by atoms with Crippen molar-refractivity contribution >= 4 is 45.4 Å². The maximum absolute atomic E-state index is 10.7. The van der Waals surface area contributed by atoms with Crippen LogP contribution in [0.3, 0.4) is 0 Å². The van der Waals surface area contributed by atoms with Gasteiger partial charge in [0.05, 0.1) is 4.90 Å². The maximum atomic E-state index is 10.7. The van der Waals surface area contributed by atoms with Crippen LogP contribution in [0.15, 0.2) is 29.2 Å². The Hall–Kier alpha value is -0.0700. The zero-order valence-corrected chi connectivity index (χ0v) is 11.2. The van der Waals surface area contributed by atoms with Crippen molar-refractivity contribution in [2.75, 3.05) is 19.0 Å². The SMILES string of the molecule is CN(C)c1cccc(S(=O)(=O)O)c1.[Na]. The second kappa shape index (κ2) is 5.14. The standard InChI is InChI=1S/C8H11NO3S.Na/c1-9(2)7-4-3-5-8(6-7)13(10,11)12;/h3-6H,1-2H3,(H,10,11,12);. The van der Waals surface area contributed by atoms with Crippen LogP contribution in [-0.4, -0.2) is 56.6 Å². The minimum absolute atomic E-state index is 0. The topological polar surface area (TPSA) is 57.6 Å².